The number of oxime groups is 1. The third-order valence-corrected chi connectivity index (χ3v) is 7.60. The van der Waals surface area contributed by atoms with Crippen LogP contribution < -0.4 is 9.64 Å². The molecule has 0 radical (unpaired) electrons. The Hall–Kier alpha value is -3.44. The monoisotopic (exact) mass is 465 g/mol. The summed E-state index contributed by atoms with van der Waals surface area (Å²) in [7, 11) is 0. The van der Waals surface area contributed by atoms with Gasteiger partial charge in [0, 0.05) is 17.4 Å². The van der Waals surface area contributed by atoms with Gasteiger partial charge >= 0.3 is 0 Å². The summed E-state index contributed by atoms with van der Waals surface area (Å²) in [6, 6.07) is 13.1. The van der Waals surface area contributed by atoms with Crippen LogP contribution in [0.2, 0.25) is 5.02 Å². The van der Waals surface area contributed by atoms with Crippen LogP contribution in [0.25, 0.3) is 0 Å². The van der Waals surface area contributed by atoms with Crippen LogP contribution in [0.4, 0.5) is 10.1 Å². The Bertz CT molecular complexity index is 1270. The van der Waals surface area contributed by atoms with Crippen molar-refractivity contribution in [3.8, 4) is 11.8 Å². The molecule has 2 aliphatic carbocycles. The maximum absolute atomic E-state index is 13.6. The highest BCUT2D eigenvalue weighted by Crippen LogP contribution is 2.62. The Kier molecular flexibility index (Phi) is 4.46. The van der Waals surface area contributed by atoms with E-state index >= 15 is 0 Å². The zero-order valence-corrected chi connectivity index (χ0v) is 17.9. The molecule has 33 heavy (non-hydrogen) atoms. The van der Waals surface area contributed by atoms with Crippen LogP contribution in [-0.2, 0) is 14.4 Å². The largest absolute Gasteiger partial charge is 0.478 e. The van der Waals surface area contributed by atoms with Crippen LogP contribution in [0.5, 0.6) is 5.75 Å². The van der Waals surface area contributed by atoms with E-state index < -0.39 is 17.7 Å². The highest BCUT2D eigenvalue weighted by atomic mass is 35.5. The smallest absolute Gasteiger partial charge is 0.238 e. The molecule has 3 fully saturated rings. The van der Waals surface area contributed by atoms with Crippen LogP contribution in [0.15, 0.2) is 47.6 Å². The van der Waals surface area contributed by atoms with Gasteiger partial charge in [-0.2, -0.15) is 5.26 Å². The quantitative estimate of drug-likeness (QED) is 0.644. The van der Waals surface area contributed by atoms with Gasteiger partial charge in [-0.3, -0.25) is 9.59 Å². The van der Waals surface area contributed by atoms with Gasteiger partial charge in [-0.1, -0.05) is 28.9 Å². The fourth-order valence-corrected chi connectivity index (χ4v) is 6.32. The number of imide groups is 1. The molecule has 6 atom stereocenters. The van der Waals surface area contributed by atoms with Crippen LogP contribution >= 0.6 is 11.6 Å². The van der Waals surface area contributed by atoms with E-state index in [1.165, 1.54) is 12.1 Å². The molecule has 2 aliphatic heterocycles. The predicted molar refractivity (Wildman–Crippen MR) is 115 cm³/mol. The summed E-state index contributed by atoms with van der Waals surface area (Å²) in [5, 5.41) is 13.1. The number of hydrogen-bond acceptors (Lipinski definition) is 6. The van der Waals surface area contributed by atoms with Gasteiger partial charge in [0.05, 0.1) is 28.3 Å². The van der Waals surface area contributed by atoms with Crippen molar-refractivity contribution in [3.63, 3.8) is 0 Å². The van der Waals surface area contributed by atoms with Crippen LogP contribution in [0.1, 0.15) is 12.0 Å². The van der Waals surface area contributed by atoms with Crippen molar-refractivity contribution in [2.75, 3.05) is 11.5 Å². The zero-order valence-electron chi connectivity index (χ0n) is 17.2. The summed E-state index contributed by atoms with van der Waals surface area (Å²) in [5.41, 5.74) is 1.69. The van der Waals surface area contributed by atoms with Crippen molar-refractivity contribution in [1.29, 1.82) is 5.26 Å². The molecule has 2 bridgehead atoms. The molecule has 7 nitrogen and oxygen atoms in total. The summed E-state index contributed by atoms with van der Waals surface area (Å²) in [6.45, 7) is -0.0990. The number of anilines is 1. The van der Waals surface area contributed by atoms with Gasteiger partial charge in [0.1, 0.15) is 23.7 Å². The molecular formula is C24H17ClFN3O4. The number of hydrogen-bond donors (Lipinski definition) is 0. The highest BCUT2D eigenvalue weighted by molar-refractivity contribution is 6.31. The molecule has 0 spiro atoms. The van der Waals surface area contributed by atoms with Gasteiger partial charge < -0.3 is 9.57 Å². The molecule has 4 aliphatic rings. The number of fused-ring (bicyclic) bond motifs is 8. The Morgan fingerprint density at radius 2 is 1.91 bits per heavy atom. The van der Waals surface area contributed by atoms with E-state index in [2.05, 4.69) is 5.16 Å². The lowest BCUT2D eigenvalue weighted by Gasteiger charge is -2.30. The number of nitrogens with zero attached hydrogens (tertiary/aromatic N) is 3. The summed E-state index contributed by atoms with van der Waals surface area (Å²) < 4.78 is 19.2. The van der Waals surface area contributed by atoms with E-state index in [9.17, 15) is 14.0 Å². The zero-order chi connectivity index (χ0) is 22.9. The number of amides is 2. The van der Waals surface area contributed by atoms with Crippen molar-refractivity contribution in [2.45, 2.75) is 12.5 Å². The molecule has 166 valence electrons. The lowest BCUT2D eigenvalue weighted by molar-refractivity contribution is -0.125. The van der Waals surface area contributed by atoms with Gasteiger partial charge in [0.2, 0.25) is 11.8 Å². The van der Waals surface area contributed by atoms with Crippen LogP contribution in [-0.4, -0.2) is 30.2 Å². The molecule has 0 N–H and O–H groups in total. The number of rotatable bonds is 4. The van der Waals surface area contributed by atoms with E-state index in [4.69, 9.17) is 26.4 Å². The molecule has 2 amide bonds. The summed E-state index contributed by atoms with van der Waals surface area (Å²) in [6.07, 6.45) is 0.393. The fourth-order valence-electron chi connectivity index (χ4n) is 6.14. The molecule has 2 heterocycles. The van der Waals surface area contributed by atoms with Crippen molar-refractivity contribution < 1.29 is 23.6 Å². The first-order valence-electron chi connectivity index (χ1n) is 10.7. The third-order valence-electron chi connectivity index (χ3n) is 7.31. The normalized spacial score (nSPS) is 31.2. The minimum Gasteiger partial charge on any atom is -0.478 e. The molecule has 0 aromatic heterocycles. The average Bonchev–Trinajstić information content (AvgIpc) is 3.55. The van der Waals surface area contributed by atoms with Crippen molar-refractivity contribution in [3.05, 3.63) is 58.9 Å². The standard InChI is InChI=1S/C24H17ClFN3O4/c25-15-9-11(5-6-16(15)26)29-23(30)18-13-10-14(19(18)24(29)31)22-20(13)21(28-33-22)12-3-1-2-4-17(12)32-8-7-27/h1-6,9,13-14,18-20,22H,8,10H2. The second-order valence-corrected chi connectivity index (χ2v) is 9.15. The van der Waals surface area contributed by atoms with Crippen molar-refractivity contribution >= 4 is 34.8 Å². The number of halogens is 2. The van der Waals surface area contributed by atoms with Crippen LogP contribution in [0, 0.1) is 46.7 Å². The number of para-hydroxylation sites is 1. The molecule has 2 aromatic rings. The van der Waals surface area contributed by atoms with E-state index in [-0.39, 0.29) is 53.0 Å². The van der Waals surface area contributed by atoms with Gasteiger partial charge in [-0.05, 0) is 42.7 Å². The van der Waals surface area contributed by atoms with Crippen LogP contribution in [0.3, 0.4) is 0 Å². The summed E-state index contributed by atoms with van der Waals surface area (Å²) in [4.78, 5) is 33.7. The Labute approximate surface area is 193 Å². The van der Waals surface area contributed by atoms with E-state index in [1.54, 1.807) is 6.07 Å². The predicted octanol–water partition coefficient (Wildman–Crippen LogP) is 3.56. The van der Waals surface area contributed by atoms with Crippen molar-refractivity contribution in [1.82, 2.24) is 0 Å². The summed E-state index contributed by atoms with van der Waals surface area (Å²) >= 11 is 5.90. The average molecular weight is 466 g/mol. The molecule has 9 heteroatoms. The second-order valence-electron chi connectivity index (χ2n) is 8.74. The highest BCUT2D eigenvalue weighted by Gasteiger charge is 2.70. The minimum atomic E-state index is -0.610. The van der Waals surface area contributed by atoms with Crippen molar-refractivity contribution in [2.24, 2.45) is 34.7 Å². The van der Waals surface area contributed by atoms with Gasteiger partial charge in [-0.15, -0.1) is 0 Å². The minimum absolute atomic E-state index is 0.0990. The number of benzene rings is 2. The first-order valence-corrected chi connectivity index (χ1v) is 11.0. The lowest BCUT2D eigenvalue weighted by atomic mass is 9.71. The van der Waals surface area contributed by atoms with Gasteiger partial charge in [-0.25, -0.2) is 9.29 Å². The molecule has 1 saturated heterocycles. The first-order chi connectivity index (χ1) is 16.0. The van der Waals surface area contributed by atoms with Gasteiger partial charge in [0.15, 0.2) is 6.61 Å². The third kappa shape index (κ3) is 2.75. The Balaban J connectivity index is 1.34. The molecule has 6 unspecified atom stereocenters. The first kappa shape index (κ1) is 20.2. The fraction of sp³-hybridized carbons (Fsp3) is 0.333. The second kappa shape index (κ2) is 7.29. The molecule has 2 aromatic carbocycles. The Morgan fingerprint density at radius 3 is 2.67 bits per heavy atom. The molecular weight excluding hydrogens is 449 g/mol. The lowest BCUT2D eigenvalue weighted by Crippen LogP contribution is -2.41. The van der Waals surface area contributed by atoms with E-state index in [0.717, 1.165) is 16.5 Å². The van der Waals surface area contributed by atoms with Gasteiger partial charge in [0.25, 0.3) is 0 Å². The summed E-state index contributed by atoms with van der Waals surface area (Å²) in [5.74, 6) is -2.08. The maximum Gasteiger partial charge on any atom is 0.238 e. The number of nitriles is 1. The SMILES string of the molecule is N#CCOc1ccccc1C1=NOC2C3CC(C12)C1C(=O)N(c2ccc(F)c(Cl)c2)C(=O)C31. The molecule has 2 saturated carbocycles. The maximum atomic E-state index is 13.6. The number of carbonyl (C=O) groups excluding carboxylic acids is 2. The molecule has 6 rings (SSSR count). The number of carbonyl (C=O) groups is 2. The topological polar surface area (TPSA) is 92.0 Å². The van der Waals surface area contributed by atoms with E-state index in [0.29, 0.717) is 17.9 Å². The Morgan fingerprint density at radius 1 is 1.15 bits per heavy atom. The number of ether oxygens (including phenoxy) is 1. The van der Waals surface area contributed by atoms with E-state index in [1.807, 2.05) is 24.3 Å².